The topological polar surface area (TPSA) is 24.9 Å². The van der Waals surface area contributed by atoms with Crippen LogP contribution in [0.25, 0.3) is 0 Å². The lowest BCUT2D eigenvalue weighted by atomic mass is 10.6. The van der Waals surface area contributed by atoms with Crippen molar-refractivity contribution in [3.8, 4) is 12.3 Å². The molecule has 0 saturated carbocycles. The van der Waals surface area contributed by atoms with Crippen molar-refractivity contribution < 1.29 is 0 Å². The Morgan fingerprint density at radius 3 is 3.18 bits per heavy atom. The maximum absolute atomic E-state index is 5.66. The Balaban J connectivity index is 2.34. The number of terminal acetylenes is 1. The van der Waals surface area contributed by atoms with Crippen LogP contribution >= 0.6 is 22.9 Å². The Bertz CT molecular complexity index is 264. The minimum Gasteiger partial charge on any atom is -0.300 e. The quantitative estimate of drug-likeness (QED) is 0.572. The third-order valence-electron chi connectivity index (χ3n) is 1.03. The zero-order valence-corrected chi connectivity index (χ0v) is 7.37. The van der Waals surface area contributed by atoms with Gasteiger partial charge >= 0.3 is 0 Å². The highest BCUT2D eigenvalue weighted by Gasteiger charge is 1.96. The van der Waals surface area contributed by atoms with E-state index in [1.54, 1.807) is 6.20 Å². The fourth-order valence-electron chi connectivity index (χ4n) is 0.611. The van der Waals surface area contributed by atoms with Crippen LogP contribution in [0.4, 0.5) is 0 Å². The van der Waals surface area contributed by atoms with Crippen molar-refractivity contribution >= 4 is 22.9 Å². The summed E-state index contributed by atoms with van der Waals surface area (Å²) in [6.45, 7) is 1.26. The Kier molecular flexibility index (Phi) is 3.37. The van der Waals surface area contributed by atoms with Gasteiger partial charge in [0.15, 0.2) is 0 Å². The summed E-state index contributed by atoms with van der Waals surface area (Å²) in [5.74, 6) is 2.48. The minimum absolute atomic E-state index is 0.567. The van der Waals surface area contributed by atoms with E-state index >= 15 is 0 Å². The van der Waals surface area contributed by atoms with E-state index in [9.17, 15) is 0 Å². The molecule has 0 unspecified atom stereocenters. The predicted molar refractivity (Wildman–Crippen MR) is 47.7 cm³/mol. The zero-order valence-electron chi connectivity index (χ0n) is 5.80. The number of aromatic nitrogens is 1. The van der Waals surface area contributed by atoms with Gasteiger partial charge in [0.05, 0.1) is 12.7 Å². The van der Waals surface area contributed by atoms with Crippen LogP contribution in [0, 0.1) is 12.3 Å². The summed E-state index contributed by atoms with van der Waals surface area (Å²) < 4.78 is 0.711. The number of nitrogens with one attached hydrogen (secondary N) is 1. The molecule has 4 heteroatoms. The second-order valence-electron chi connectivity index (χ2n) is 1.87. The van der Waals surface area contributed by atoms with Gasteiger partial charge in [-0.3, -0.25) is 5.32 Å². The molecule has 1 rings (SSSR count). The molecule has 0 aliphatic carbocycles. The summed E-state index contributed by atoms with van der Waals surface area (Å²) in [7, 11) is 0. The molecule has 58 valence electrons. The van der Waals surface area contributed by atoms with E-state index in [1.165, 1.54) is 11.3 Å². The van der Waals surface area contributed by atoms with Gasteiger partial charge in [0.2, 0.25) is 0 Å². The van der Waals surface area contributed by atoms with E-state index < -0.39 is 0 Å². The van der Waals surface area contributed by atoms with Crippen LogP contribution in [-0.4, -0.2) is 11.5 Å². The van der Waals surface area contributed by atoms with E-state index in [2.05, 4.69) is 16.2 Å². The molecule has 1 aromatic rings. The fraction of sp³-hybridized carbons (Fsp3) is 0.286. The van der Waals surface area contributed by atoms with Crippen LogP contribution in [0.15, 0.2) is 6.20 Å². The van der Waals surface area contributed by atoms with Gasteiger partial charge in [0.25, 0.3) is 0 Å². The molecule has 1 aromatic heterocycles. The smallest absolute Gasteiger partial charge is 0.113 e. The Labute approximate surface area is 74.6 Å². The first kappa shape index (κ1) is 8.54. The zero-order chi connectivity index (χ0) is 8.10. The molecule has 0 saturated heterocycles. The molecule has 0 aliphatic rings. The summed E-state index contributed by atoms with van der Waals surface area (Å²) in [6.07, 6.45) is 6.68. The van der Waals surface area contributed by atoms with Crippen molar-refractivity contribution in [3.05, 3.63) is 15.5 Å². The molecule has 0 aromatic carbocycles. The molecule has 1 N–H and O–H groups in total. The summed E-state index contributed by atoms with van der Waals surface area (Å²) in [5.41, 5.74) is 0. The van der Waals surface area contributed by atoms with Crippen molar-refractivity contribution in [2.24, 2.45) is 0 Å². The third-order valence-corrected chi connectivity index (χ3v) is 2.14. The first-order valence-corrected chi connectivity index (χ1v) is 4.27. The van der Waals surface area contributed by atoms with Crippen LogP contribution in [0.5, 0.6) is 0 Å². The number of rotatable bonds is 3. The Hall–Kier alpha value is -0.560. The number of nitrogens with zero attached hydrogens (tertiary/aromatic N) is 1. The van der Waals surface area contributed by atoms with Crippen molar-refractivity contribution in [3.63, 3.8) is 0 Å². The first-order chi connectivity index (χ1) is 5.33. The molecule has 0 aliphatic heterocycles. The van der Waals surface area contributed by atoms with Gasteiger partial charge in [-0.25, -0.2) is 4.98 Å². The van der Waals surface area contributed by atoms with Crippen LogP contribution in [0.1, 0.15) is 5.01 Å². The first-order valence-electron chi connectivity index (χ1n) is 3.07. The lowest BCUT2D eigenvalue weighted by molar-refractivity contribution is 0.764. The lowest BCUT2D eigenvalue weighted by Crippen LogP contribution is -2.12. The lowest BCUT2D eigenvalue weighted by Gasteiger charge is -1.93. The molecule has 0 amide bonds. The van der Waals surface area contributed by atoms with Crippen LogP contribution in [0.2, 0.25) is 4.34 Å². The van der Waals surface area contributed by atoms with Crippen molar-refractivity contribution in [1.29, 1.82) is 0 Å². The molecule has 0 bridgehead atoms. The summed E-state index contributed by atoms with van der Waals surface area (Å²) in [5, 5.41) is 3.98. The SMILES string of the molecule is C#CCNCc1ncc(Cl)s1. The van der Waals surface area contributed by atoms with Gasteiger partial charge in [-0.1, -0.05) is 17.5 Å². The van der Waals surface area contributed by atoms with E-state index in [0.717, 1.165) is 5.01 Å². The summed E-state index contributed by atoms with van der Waals surface area (Å²) >= 11 is 7.12. The molecule has 0 atom stereocenters. The average Bonchev–Trinajstić information content (AvgIpc) is 2.37. The van der Waals surface area contributed by atoms with Gasteiger partial charge in [-0.05, 0) is 0 Å². The number of hydrogen-bond acceptors (Lipinski definition) is 3. The molecule has 0 spiro atoms. The maximum atomic E-state index is 5.66. The maximum Gasteiger partial charge on any atom is 0.113 e. The molecule has 1 heterocycles. The molecule has 11 heavy (non-hydrogen) atoms. The highest BCUT2D eigenvalue weighted by atomic mass is 35.5. The predicted octanol–water partition coefficient (Wildman–Crippen LogP) is 1.52. The second kappa shape index (κ2) is 4.35. The van der Waals surface area contributed by atoms with E-state index in [1.807, 2.05) is 0 Å². The van der Waals surface area contributed by atoms with Crippen molar-refractivity contribution in [1.82, 2.24) is 10.3 Å². The molecule has 2 nitrogen and oxygen atoms in total. The van der Waals surface area contributed by atoms with Crippen LogP contribution in [0.3, 0.4) is 0 Å². The normalized spacial score (nSPS) is 9.45. The number of thiazole rings is 1. The Morgan fingerprint density at radius 2 is 2.64 bits per heavy atom. The van der Waals surface area contributed by atoms with Gasteiger partial charge in [-0.2, -0.15) is 0 Å². The Morgan fingerprint density at radius 1 is 1.82 bits per heavy atom. The number of halogens is 1. The summed E-state index contributed by atoms with van der Waals surface area (Å²) in [6, 6.07) is 0. The highest BCUT2D eigenvalue weighted by Crippen LogP contribution is 2.17. The standard InChI is InChI=1S/C7H7ClN2S/c1-2-3-9-5-7-10-4-6(8)11-7/h1,4,9H,3,5H2. The molecule has 0 radical (unpaired) electrons. The van der Waals surface area contributed by atoms with Crippen molar-refractivity contribution in [2.45, 2.75) is 6.54 Å². The van der Waals surface area contributed by atoms with Crippen LogP contribution < -0.4 is 5.32 Å². The van der Waals surface area contributed by atoms with Gasteiger partial charge in [-0.15, -0.1) is 17.8 Å². The van der Waals surface area contributed by atoms with Crippen molar-refractivity contribution in [2.75, 3.05) is 6.54 Å². The van der Waals surface area contributed by atoms with E-state index in [0.29, 0.717) is 17.4 Å². The molecular weight excluding hydrogens is 180 g/mol. The fourth-order valence-corrected chi connectivity index (χ4v) is 1.54. The summed E-state index contributed by atoms with van der Waals surface area (Å²) in [4.78, 5) is 4.04. The second-order valence-corrected chi connectivity index (χ2v) is 3.61. The van der Waals surface area contributed by atoms with Gasteiger partial charge in [0.1, 0.15) is 9.34 Å². The van der Waals surface area contributed by atoms with E-state index in [4.69, 9.17) is 18.0 Å². The van der Waals surface area contributed by atoms with Gasteiger partial charge in [0, 0.05) is 6.54 Å². The van der Waals surface area contributed by atoms with Crippen LogP contribution in [-0.2, 0) is 6.54 Å². The third kappa shape index (κ3) is 2.89. The van der Waals surface area contributed by atoms with E-state index in [-0.39, 0.29) is 0 Å². The van der Waals surface area contributed by atoms with Gasteiger partial charge < -0.3 is 0 Å². The highest BCUT2D eigenvalue weighted by molar-refractivity contribution is 7.15. The molecule has 0 fully saturated rings. The average molecular weight is 187 g/mol. The molecular formula is C7H7ClN2S. The largest absolute Gasteiger partial charge is 0.300 e. The minimum atomic E-state index is 0.567. The monoisotopic (exact) mass is 186 g/mol. The number of hydrogen-bond donors (Lipinski definition) is 1.